The molecule has 1 aromatic heterocycles. The van der Waals surface area contributed by atoms with Crippen LogP contribution >= 0.6 is 0 Å². The third-order valence-electron chi connectivity index (χ3n) is 6.79. The van der Waals surface area contributed by atoms with E-state index in [1.807, 2.05) is 0 Å². The first-order valence-corrected chi connectivity index (χ1v) is 12.0. The van der Waals surface area contributed by atoms with Gasteiger partial charge >= 0.3 is 0 Å². The van der Waals surface area contributed by atoms with Crippen LogP contribution in [0.3, 0.4) is 0 Å². The van der Waals surface area contributed by atoms with Crippen LogP contribution in [0.2, 0.25) is 0 Å². The highest BCUT2D eigenvalue weighted by Crippen LogP contribution is 2.35. The molecule has 4 rings (SSSR count). The van der Waals surface area contributed by atoms with Gasteiger partial charge in [0.25, 0.3) is 5.92 Å². The number of hydrogen-bond donors (Lipinski definition) is 1. The third kappa shape index (κ3) is 5.07. The topological polar surface area (TPSA) is 20.2 Å². The fraction of sp³-hybridized carbons (Fsp3) is 0.429. The molecule has 2 aromatic rings. The number of aromatic nitrogens is 1. The fourth-order valence-corrected chi connectivity index (χ4v) is 4.88. The van der Waals surface area contributed by atoms with Crippen molar-refractivity contribution >= 4 is 23.1 Å². The minimum Gasteiger partial charge on any atom is -0.378 e. The molecule has 2 aliphatic rings. The summed E-state index contributed by atoms with van der Waals surface area (Å²) in [4.78, 5) is 2.07. The van der Waals surface area contributed by atoms with Gasteiger partial charge in [0.1, 0.15) is 0 Å². The lowest BCUT2D eigenvalue weighted by Gasteiger charge is -2.33. The average Bonchev–Trinajstić information content (AvgIpc) is 3.32. The molecule has 5 heteroatoms. The van der Waals surface area contributed by atoms with Crippen LogP contribution in [-0.2, 0) is 6.42 Å². The van der Waals surface area contributed by atoms with Crippen LogP contribution in [0, 0.1) is 13.8 Å². The van der Waals surface area contributed by atoms with Crippen molar-refractivity contribution in [3.63, 3.8) is 0 Å². The largest absolute Gasteiger partial charge is 0.378 e. The van der Waals surface area contributed by atoms with Crippen molar-refractivity contribution in [1.29, 1.82) is 0 Å². The number of piperidine rings is 1. The van der Waals surface area contributed by atoms with Crippen molar-refractivity contribution in [3.05, 3.63) is 71.1 Å². The minimum absolute atomic E-state index is 0.0650. The SMILES string of the molecule is C/C=C(\C=C/CC)n1c(C)cc(/C=C/C2Cc3ccc(N4CCC(F)(F)CC4)cc3N2)c1C. The molecular weight excluding hydrogens is 416 g/mol. The molecule has 1 saturated heterocycles. The lowest BCUT2D eigenvalue weighted by atomic mass is 10.0. The number of halogens is 2. The van der Waals surface area contributed by atoms with Crippen LogP contribution < -0.4 is 10.2 Å². The van der Waals surface area contributed by atoms with E-state index < -0.39 is 5.92 Å². The van der Waals surface area contributed by atoms with Crippen LogP contribution in [0.5, 0.6) is 0 Å². The number of fused-ring (bicyclic) bond motifs is 1. The summed E-state index contributed by atoms with van der Waals surface area (Å²) < 4.78 is 29.3. The van der Waals surface area contributed by atoms with Crippen molar-refractivity contribution in [1.82, 2.24) is 4.57 Å². The van der Waals surface area contributed by atoms with E-state index in [-0.39, 0.29) is 18.9 Å². The molecule has 1 unspecified atom stereocenters. The van der Waals surface area contributed by atoms with Gasteiger partial charge in [-0.25, -0.2) is 8.78 Å². The maximum absolute atomic E-state index is 13.5. The summed E-state index contributed by atoms with van der Waals surface area (Å²) in [6.07, 6.45) is 12.8. The molecule has 0 radical (unpaired) electrons. The Kier molecular flexibility index (Phi) is 6.78. The lowest BCUT2D eigenvalue weighted by Crippen LogP contribution is -2.39. The number of benzene rings is 1. The van der Waals surface area contributed by atoms with Crippen molar-refractivity contribution in [3.8, 4) is 0 Å². The third-order valence-corrected chi connectivity index (χ3v) is 6.79. The predicted molar refractivity (Wildman–Crippen MR) is 136 cm³/mol. The summed E-state index contributed by atoms with van der Waals surface area (Å²) in [5.41, 5.74) is 8.31. The van der Waals surface area contributed by atoms with Gasteiger partial charge in [-0.1, -0.05) is 37.3 Å². The fourth-order valence-electron chi connectivity index (χ4n) is 4.88. The normalized spacial score (nSPS) is 20.6. The summed E-state index contributed by atoms with van der Waals surface area (Å²) in [6.45, 7) is 9.36. The Labute approximate surface area is 196 Å². The van der Waals surface area contributed by atoms with Gasteiger partial charge in [-0.3, -0.25) is 0 Å². The minimum atomic E-state index is -2.52. The molecule has 3 heterocycles. The van der Waals surface area contributed by atoms with E-state index in [4.69, 9.17) is 0 Å². The lowest BCUT2D eigenvalue weighted by molar-refractivity contribution is -0.0220. The molecule has 1 aromatic carbocycles. The summed E-state index contributed by atoms with van der Waals surface area (Å²) >= 11 is 0. The molecule has 0 bridgehead atoms. The summed E-state index contributed by atoms with van der Waals surface area (Å²) in [5, 5.41) is 3.61. The number of aryl methyl sites for hydroxylation is 1. The van der Waals surface area contributed by atoms with Crippen molar-refractivity contribution in [2.24, 2.45) is 0 Å². The van der Waals surface area contributed by atoms with Gasteiger partial charge in [-0.15, -0.1) is 0 Å². The Hall–Kier alpha value is -2.82. The quantitative estimate of drug-likeness (QED) is 0.468. The van der Waals surface area contributed by atoms with Crippen LogP contribution in [0.4, 0.5) is 20.2 Å². The Morgan fingerprint density at radius 1 is 1.18 bits per heavy atom. The van der Waals surface area contributed by atoms with Crippen molar-refractivity contribution in [2.45, 2.75) is 65.3 Å². The maximum Gasteiger partial charge on any atom is 0.251 e. The molecule has 0 aliphatic carbocycles. The first-order chi connectivity index (χ1) is 15.8. The second-order valence-electron chi connectivity index (χ2n) is 9.18. The summed E-state index contributed by atoms with van der Waals surface area (Å²) in [5.74, 6) is -2.52. The number of anilines is 2. The van der Waals surface area contributed by atoms with E-state index in [1.165, 1.54) is 28.2 Å². The number of alkyl halides is 2. The monoisotopic (exact) mass is 451 g/mol. The van der Waals surface area contributed by atoms with Gasteiger partial charge in [0.05, 0.1) is 0 Å². The van der Waals surface area contributed by atoms with Gasteiger partial charge in [-0.05, 0) is 69.0 Å². The molecule has 2 aliphatic heterocycles. The van der Waals surface area contributed by atoms with Crippen LogP contribution in [0.25, 0.3) is 11.8 Å². The van der Waals surface area contributed by atoms with E-state index in [0.29, 0.717) is 13.1 Å². The summed E-state index contributed by atoms with van der Waals surface area (Å²) in [6, 6.07) is 8.80. The molecule has 33 heavy (non-hydrogen) atoms. The average molecular weight is 452 g/mol. The second kappa shape index (κ2) is 9.58. The molecule has 0 amide bonds. The first-order valence-electron chi connectivity index (χ1n) is 12.0. The molecule has 176 valence electrons. The van der Waals surface area contributed by atoms with Crippen molar-refractivity contribution < 1.29 is 8.78 Å². The summed E-state index contributed by atoms with van der Waals surface area (Å²) in [7, 11) is 0. The Morgan fingerprint density at radius 3 is 2.64 bits per heavy atom. The van der Waals surface area contributed by atoms with Crippen LogP contribution in [-0.4, -0.2) is 29.6 Å². The number of hydrogen-bond acceptors (Lipinski definition) is 2. The van der Waals surface area contributed by atoms with E-state index >= 15 is 0 Å². The van der Waals surface area contributed by atoms with Gasteiger partial charge in [0, 0.05) is 60.4 Å². The highest BCUT2D eigenvalue weighted by Gasteiger charge is 2.34. The molecule has 0 saturated carbocycles. The Morgan fingerprint density at radius 2 is 1.94 bits per heavy atom. The highest BCUT2D eigenvalue weighted by atomic mass is 19.3. The number of nitrogens with one attached hydrogen (secondary N) is 1. The molecule has 0 spiro atoms. The van der Waals surface area contributed by atoms with Crippen molar-refractivity contribution in [2.75, 3.05) is 23.3 Å². The van der Waals surface area contributed by atoms with E-state index in [2.05, 4.69) is 97.1 Å². The van der Waals surface area contributed by atoms with E-state index in [1.54, 1.807) is 0 Å². The standard InChI is InChI=1S/C28H35F2N3/c1-5-7-8-25(6-2)33-20(3)17-22(21(33)4)9-11-24-18-23-10-12-26(19-27(23)31-24)32-15-13-28(29,30)14-16-32/h6-12,17,19,24,31H,5,13-16,18H2,1-4H3/b8-7-,11-9+,25-6+. The number of rotatable bonds is 6. The zero-order valence-corrected chi connectivity index (χ0v) is 20.2. The molecule has 3 nitrogen and oxygen atoms in total. The first kappa shape index (κ1) is 23.3. The number of allylic oxidation sites excluding steroid dienone is 4. The number of nitrogens with zero attached hydrogens (tertiary/aromatic N) is 2. The van der Waals surface area contributed by atoms with Gasteiger partial charge < -0.3 is 14.8 Å². The van der Waals surface area contributed by atoms with E-state index in [9.17, 15) is 8.78 Å². The highest BCUT2D eigenvalue weighted by molar-refractivity contribution is 5.68. The van der Waals surface area contributed by atoms with Crippen LogP contribution in [0.1, 0.15) is 55.6 Å². The molecule has 1 fully saturated rings. The predicted octanol–water partition coefficient (Wildman–Crippen LogP) is 7.22. The molecular formula is C28H35F2N3. The zero-order chi connectivity index (χ0) is 23.6. The Bertz CT molecular complexity index is 1080. The van der Waals surface area contributed by atoms with Gasteiger partial charge in [0.2, 0.25) is 0 Å². The molecule has 1 atom stereocenters. The van der Waals surface area contributed by atoms with Gasteiger partial charge in [0.15, 0.2) is 0 Å². The second-order valence-corrected chi connectivity index (χ2v) is 9.18. The zero-order valence-electron chi connectivity index (χ0n) is 20.2. The Balaban J connectivity index is 1.46. The smallest absolute Gasteiger partial charge is 0.251 e. The van der Waals surface area contributed by atoms with Gasteiger partial charge in [-0.2, -0.15) is 0 Å². The van der Waals surface area contributed by atoms with Crippen LogP contribution in [0.15, 0.2) is 48.6 Å². The maximum atomic E-state index is 13.5. The van der Waals surface area contributed by atoms with E-state index in [0.717, 1.165) is 24.2 Å². The molecule has 1 N–H and O–H groups in total.